The molecule has 0 aliphatic rings. The van der Waals surface area contributed by atoms with Crippen molar-refractivity contribution in [3.05, 3.63) is 77.5 Å². The Balaban J connectivity index is 1.84. The van der Waals surface area contributed by atoms with Crippen LogP contribution in [0.25, 0.3) is 5.69 Å². The van der Waals surface area contributed by atoms with E-state index in [0.29, 0.717) is 17.9 Å². The van der Waals surface area contributed by atoms with Crippen molar-refractivity contribution in [3.8, 4) is 5.69 Å². The van der Waals surface area contributed by atoms with Gasteiger partial charge in [-0.2, -0.15) is 5.10 Å². The van der Waals surface area contributed by atoms with Gasteiger partial charge >= 0.3 is 0 Å². The Hall–Kier alpha value is -3.41. The van der Waals surface area contributed by atoms with Gasteiger partial charge in [-0.25, -0.2) is 4.68 Å². The molecule has 168 valence electrons. The van der Waals surface area contributed by atoms with Gasteiger partial charge in [0.15, 0.2) is 0 Å². The van der Waals surface area contributed by atoms with Crippen LogP contribution in [0, 0.1) is 6.92 Å². The zero-order valence-corrected chi connectivity index (χ0v) is 19.6. The van der Waals surface area contributed by atoms with Crippen LogP contribution in [0.4, 0.5) is 5.82 Å². The highest BCUT2D eigenvalue weighted by Crippen LogP contribution is 2.26. The summed E-state index contributed by atoms with van der Waals surface area (Å²) in [7, 11) is 0. The number of amides is 2. The molecule has 0 unspecified atom stereocenters. The average molecular weight is 433 g/mol. The van der Waals surface area contributed by atoms with E-state index in [0.717, 1.165) is 23.4 Å². The number of nitrogens with one attached hydrogen (secondary N) is 1. The van der Waals surface area contributed by atoms with E-state index in [1.807, 2.05) is 62.4 Å². The van der Waals surface area contributed by atoms with E-state index in [1.54, 1.807) is 21.7 Å². The maximum Gasteiger partial charge on any atom is 0.254 e. The van der Waals surface area contributed by atoms with Crippen molar-refractivity contribution in [1.82, 2.24) is 14.7 Å². The summed E-state index contributed by atoms with van der Waals surface area (Å²) < 4.78 is 1.75. The molecule has 0 aliphatic heterocycles. The molecule has 1 heterocycles. The fraction of sp³-hybridized carbons (Fsp3) is 0.346. The molecule has 1 aromatic heterocycles. The maximum absolute atomic E-state index is 13.0. The molecule has 32 heavy (non-hydrogen) atoms. The molecular weight excluding hydrogens is 400 g/mol. The SMILES string of the molecule is CCCN(CC(=O)Nc1cc(C(C)(C)C)nn1-c1ccc(C)cc1)C(=O)c1ccccc1. The first-order valence-electron chi connectivity index (χ1n) is 11.0. The summed E-state index contributed by atoms with van der Waals surface area (Å²) in [5.41, 5.74) is 3.30. The van der Waals surface area contributed by atoms with Crippen LogP contribution in [0.5, 0.6) is 0 Å². The quantitative estimate of drug-likeness (QED) is 0.573. The molecular formula is C26H32N4O2. The van der Waals surface area contributed by atoms with Crippen LogP contribution in [0.1, 0.15) is 55.7 Å². The number of aromatic nitrogens is 2. The highest BCUT2D eigenvalue weighted by atomic mass is 16.2. The normalized spacial score (nSPS) is 11.3. The molecule has 0 bridgehead atoms. The Labute approximate surface area is 190 Å². The Kier molecular flexibility index (Phi) is 7.13. The molecule has 0 fully saturated rings. The summed E-state index contributed by atoms with van der Waals surface area (Å²) in [6.45, 7) is 10.8. The van der Waals surface area contributed by atoms with E-state index in [2.05, 4.69) is 26.1 Å². The van der Waals surface area contributed by atoms with Gasteiger partial charge in [-0.3, -0.25) is 9.59 Å². The predicted octanol–water partition coefficient (Wildman–Crippen LogP) is 4.97. The number of hydrogen-bond acceptors (Lipinski definition) is 3. The molecule has 0 saturated carbocycles. The molecule has 6 heteroatoms. The highest BCUT2D eigenvalue weighted by molar-refractivity contribution is 5.99. The predicted molar refractivity (Wildman–Crippen MR) is 128 cm³/mol. The first-order chi connectivity index (χ1) is 15.2. The van der Waals surface area contributed by atoms with E-state index >= 15 is 0 Å². The van der Waals surface area contributed by atoms with E-state index in [-0.39, 0.29) is 23.8 Å². The van der Waals surface area contributed by atoms with Crippen LogP contribution >= 0.6 is 0 Å². The van der Waals surface area contributed by atoms with Crippen molar-refractivity contribution < 1.29 is 9.59 Å². The molecule has 6 nitrogen and oxygen atoms in total. The number of anilines is 1. The van der Waals surface area contributed by atoms with Crippen LogP contribution in [0.15, 0.2) is 60.7 Å². The zero-order chi connectivity index (χ0) is 23.3. The first-order valence-corrected chi connectivity index (χ1v) is 11.0. The van der Waals surface area contributed by atoms with Crippen LogP contribution < -0.4 is 5.32 Å². The summed E-state index contributed by atoms with van der Waals surface area (Å²) in [4.78, 5) is 27.5. The number of benzene rings is 2. The van der Waals surface area contributed by atoms with Gasteiger partial charge in [-0.1, -0.05) is 63.6 Å². The number of carbonyl (C=O) groups is 2. The van der Waals surface area contributed by atoms with Crippen molar-refractivity contribution in [1.29, 1.82) is 0 Å². The smallest absolute Gasteiger partial charge is 0.254 e. The lowest BCUT2D eigenvalue weighted by Gasteiger charge is -2.21. The fourth-order valence-corrected chi connectivity index (χ4v) is 3.36. The molecule has 1 N–H and O–H groups in total. The molecule has 0 spiro atoms. The van der Waals surface area contributed by atoms with Gasteiger partial charge in [0.25, 0.3) is 5.91 Å². The van der Waals surface area contributed by atoms with Gasteiger partial charge in [-0.15, -0.1) is 0 Å². The second-order valence-corrected chi connectivity index (χ2v) is 9.05. The minimum Gasteiger partial charge on any atom is -0.329 e. The third-order valence-electron chi connectivity index (χ3n) is 5.16. The Bertz CT molecular complexity index is 1060. The molecule has 2 amide bonds. The monoisotopic (exact) mass is 432 g/mol. The van der Waals surface area contributed by atoms with Gasteiger partial charge in [0.05, 0.1) is 11.4 Å². The lowest BCUT2D eigenvalue weighted by molar-refractivity contribution is -0.116. The third kappa shape index (κ3) is 5.63. The minimum atomic E-state index is -0.253. The highest BCUT2D eigenvalue weighted by Gasteiger charge is 2.23. The van der Waals surface area contributed by atoms with Crippen molar-refractivity contribution in [2.45, 2.75) is 46.5 Å². The molecule has 2 aromatic carbocycles. The van der Waals surface area contributed by atoms with E-state index in [4.69, 9.17) is 5.10 Å². The Morgan fingerprint density at radius 3 is 2.28 bits per heavy atom. The van der Waals surface area contributed by atoms with Gasteiger partial charge < -0.3 is 10.2 Å². The van der Waals surface area contributed by atoms with Crippen molar-refractivity contribution >= 4 is 17.6 Å². The number of rotatable bonds is 7. The first kappa shape index (κ1) is 23.3. The standard InChI is InChI=1S/C26H32N4O2/c1-6-16-29(25(32)20-10-8-7-9-11-20)18-24(31)27-23-17-22(26(3,4)5)28-30(23)21-14-12-19(2)13-15-21/h7-15,17H,6,16,18H2,1-5H3,(H,27,31). The van der Waals surface area contributed by atoms with Crippen LogP contribution in [-0.4, -0.2) is 39.6 Å². The topological polar surface area (TPSA) is 67.2 Å². The summed E-state index contributed by atoms with van der Waals surface area (Å²) in [6.07, 6.45) is 0.765. The Morgan fingerprint density at radius 2 is 1.69 bits per heavy atom. The molecule has 3 rings (SSSR count). The van der Waals surface area contributed by atoms with Gasteiger partial charge in [-0.05, 0) is 37.6 Å². The van der Waals surface area contributed by atoms with E-state index in [1.165, 1.54) is 0 Å². The van der Waals surface area contributed by atoms with Gasteiger partial charge in [0, 0.05) is 23.6 Å². The Morgan fingerprint density at radius 1 is 1.03 bits per heavy atom. The van der Waals surface area contributed by atoms with Crippen LogP contribution in [0.3, 0.4) is 0 Å². The average Bonchev–Trinajstić information content (AvgIpc) is 3.18. The van der Waals surface area contributed by atoms with Crippen molar-refractivity contribution in [3.63, 3.8) is 0 Å². The van der Waals surface area contributed by atoms with E-state index in [9.17, 15) is 9.59 Å². The lowest BCUT2D eigenvalue weighted by Crippen LogP contribution is -2.38. The van der Waals surface area contributed by atoms with Crippen LogP contribution in [0.2, 0.25) is 0 Å². The summed E-state index contributed by atoms with van der Waals surface area (Å²) in [5.74, 6) is 0.189. The number of hydrogen-bond donors (Lipinski definition) is 1. The van der Waals surface area contributed by atoms with Crippen LogP contribution in [-0.2, 0) is 10.2 Å². The molecule has 0 aliphatic carbocycles. The summed E-state index contributed by atoms with van der Waals surface area (Å²) in [6, 6.07) is 18.9. The zero-order valence-electron chi connectivity index (χ0n) is 19.6. The number of carbonyl (C=O) groups excluding carboxylic acids is 2. The van der Waals surface area contributed by atoms with E-state index < -0.39 is 0 Å². The molecule has 0 atom stereocenters. The second-order valence-electron chi connectivity index (χ2n) is 9.05. The summed E-state index contributed by atoms with van der Waals surface area (Å²) >= 11 is 0. The molecule has 0 radical (unpaired) electrons. The lowest BCUT2D eigenvalue weighted by atomic mass is 9.92. The van der Waals surface area contributed by atoms with Gasteiger partial charge in [0.1, 0.15) is 12.4 Å². The third-order valence-corrected chi connectivity index (χ3v) is 5.16. The fourth-order valence-electron chi connectivity index (χ4n) is 3.36. The largest absolute Gasteiger partial charge is 0.329 e. The summed E-state index contributed by atoms with van der Waals surface area (Å²) in [5, 5.41) is 7.73. The number of nitrogens with zero attached hydrogens (tertiary/aromatic N) is 3. The number of aryl methyl sites for hydroxylation is 1. The van der Waals surface area contributed by atoms with Crippen molar-refractivity contribution in [2.75, 3.05) is 18.4 Å². The maximum atomic E-state index is 13.0. The minimum absolute atomic E-state index is 0.0223. The van der Waals surface area contributed by atoms with Crippen molar-refractivity contribution in [2.24, 2.45) is 0 Å². The molecule has 3 aromatic rings. The molecule has 0 saturated heterocycles. The second kappa shape index (κ2) is 9.81. The van der Waals surface area contributed by atoms with Gasteiger partial charge in [0.2, 0.25) is 5.91 Å².